The Balaban J connectivity index is 2.92. The molecule has 0 saturated heterocycles. The number of nitroso groups, excluding NO2 is 1. The third kappa shape index (κ3) is 2.39. The highest BCUT2D eigenvalue weighted by Crippen LogP contribution is 1.98. The lowest BCUT2D eigenvalue weighted by molar-refractivity contribution is 0.587. The van der Waals surface area contributed by atoms with Crippen LogP contribution in [-0.4, -0.2) is 12.1 Å². The molecule has 0 saturated carbocycles. The molecule has 0 unspecified atom stereocenters. The smallest absolute Gasteiger partial charge is 0.425 e. The van der Waals surface area contributed by atoms with E-state index in [1.165, 1.54) is 0 Å². The van der Waals surface area contributed by atoms with Crippen molar-refractivity contribution in [1.82, 2.24) is 0 Å². The molecule has 0 aliphatic heterocycles. The maximum atomic E-state index is 10.0. The van der Waals surface area contributed by atoms with E-state index < -0.39 is 7.05 Å². The fourth-order valence-corrected chi connectivity index (χ4v) is 1.02. The highest BCUT2D eigenvalue weighted by Gasteiger charge is 2.15. The quantitative estimate of drug-likeness (QED) is 0.525. The topological polar surface area (TPSA) is 73.4 Å². The molecular weight excluding hydrogens is 167 g/mol. The Kier molecular flexibility index (Phi) is 3.18. The fourth-order valence-electron chi connectivity index (χ4n) is 1.02. The number of hydrogen-bond acceptors (Lipinski definition) is 4. The van der Waals surface area contributed by atoms with E-state index in [9.17, 15) is 4.91 Å². The highest BCUT2D eigenvalue weighted by atomic mass is 16.3. The zero-order chi connectivity index (χ0) is 9.68. The first-order chi connectivity index (χ1) is 6.27. The monoisotopic (exact) mass is 174 g/mol. The van der Waals surface area contributed by atoms with Gasteiger partial charge in [0.2, 0.25) is 0 Å². The molecule has 0 aliphatic carbocycles. The second-order valence-electron chi connectivity index (χ2n) is 2.56. The Labute approximate surface area is 75.9 Å². The van der Waals surface area contributed by atoms with Gasteiger partial charge < -0.3 is 5.02 Å². The predicted molar refractivity (Wildman–Crippen MR) is 49.2 cm³/mol. The van der Waals surface area contributed by atoms with Crippen molar-refractivity contribution in [3.8, 4) is 6.07 Å². The zero-order valence-corrected chi connectivity index (χ0v) is 6.84. The van der Waals surface area contributed by atoms with Gasteiger partial charge in [-0.3, -0.25) is 0 Å². The standard InChI is InChI=1S/C8H7BN2O2/c10-5-4-7-2-1-3-8(6-7)9(12)11-13/h1-3,6,12H,4H2. The van der Waals surface area contributed by atoms with E-state index in [-0.39, 0.29) is 6.42 Å². The summed E-state index contributed by atoms with van der Waals surface area (Å²) >= 11 is 0. The van der Waals surface area contributed by atoms with Crippen LogP contribution >= 0.6 is 0 Å². The van der Waals surface area contributed by atoms with Crippen molar-refractivity contribution in [2.24, 2.45) is 5.09 Å². The number of benzene rings is 1. The first-order valence-corrected chi connectivity index (χ1v) is 3.74. The molecule has 0 heterocycles. The average Bonchev–Trinajstić information content (AvgIpc) is 2.18. The lowest BCUT2D eigenvalue weighted by atomic mass is 9.75. The number of nitriles is 1. The minimum atomic E-state index is -1.33. The van der Waals surface area contributed by atoms with Crippen LogP contribution in [0.4, 0.5) is 0 Å². The van der Waals surface area contributed by atoms with Gasteiger partial charge in [0.05, 0.1) is 12.5 Å². The van der Waals surface area contributed by atoms with Crippen molar-refractivity contribution in [2.45, 2.75) is 6.42 Å². The van der Waals surface area contributed by atoms with E-state index in [1.54, 1.807) is 24.3 Å². The lowest BCUT2D eigenvalue weighted by Gasteiger charge is -1.99. The largest absolute Gasteiger partial charge is 0.517 e. The van der Waals surface area contributed by atoms with Crippen LogP contribution in [0.3, 0.4) is 0 Å². The third-order valence-electron chi connectivity index (χ3n) is 1.63. The molecule has 1 aromatic carbocycles. The fraction of sp³-hybridized carbons (Fsp3) is 0.125. The van der Waals surface area contributed by atoms with Gasteiger partial charge in [0, 0.05) is 0 Å². The molecule has 4 nitrogen and oxygen atoms in total. The molecule has 5 heteroatoms. The van der Waals surface area contributed by atoms with E-state index in [1.807, 2.05) is 6.07 Å². The van der Waals surface area contributed by atoms with E-state index in [2.05, 4.69) is 5.09 Å². The number of rotatable bonds is 3. The van der Waals surface area contributed by atoms with Crippen LogP contribution in [0.1, 0.15) is 5.56 Å². The van der Waals surface area contributed by atoms with Gasteiger partial charge in [-0.05, 0) is 11.0 Å². The predicted octanol–water partition coefficient (Wildman–Crippen LogP) is 0.207. The molecular formula is C8H7BN2O2. The molecule has 1 rings (SSSR count). The normalized spacial score (nSPS) is 8.92. The van der Waals surface area contributed by atoms with Crippen LogP contribution in [0.2, 0.25) is 0 Å². The summed E-state index contributed by atoms with van der Waals surface area (Å²) in [5.41, 5.74) is 1.19. The Hall–Kier alpha value is -1.67. The average molecular weight is 174 g/mol. The van der Waals surface area contributed by atoms with Crippen LogP contribution in [0.15, 0.2) is 29.4 Å². The Bertz CT molecular complexity index is 348. The zero-order valence-electron chi connectivity index (χ0n) is 6.84. The summed E-state index contributed by atoms with van der Waals surface area (Å²) in [6, 6.07) is 8.59. The number of hydrogen-bond donors (Lipinski definition) is 1. The minimum Gasteiger partial charge on any atom is -0.425 e. The van der Waals surface area contributed by atoms with Crippen LogP contribution in [0, 0.1) is 16.2 Å². The highest BCUT2D eigenvalue weighted by molar-refractivity contribution is 6.64. The van der Waals surface area contributed by atoms with E-state index in [0.29, 0.717) is 5.46 Å². The van der Waals surface area contributed by atoms with Crippen molar-refractivity contribution in [3.63, 3.8) is 0 Å². The molecule has 0 spiro atoms. The maximum Gasteiger partial charge on any atom is 0.517 e. The molecule has 0 aromatic heterocycles. The van der Waals surface area contributed by atoms with Gasteiger partial charge >= 0.3 is 7.05 Å². The summed E-state index contributed by atoms with van der Waals surface area (Å²) in [5.74, 6) is 0. The first-order valence-electron chi connectivity index (χ1n) is 3.74. The van der Waals surface area contributed by atoms with Crippen molar-refractivity contribution >= 4 is 12.5 Å². The SMILES string of the molecule is N#CCc1cccc(B(O)N=O)c1. The third-order valence-corrected chi connectivity index (χ3v) is 1.63. The summed E-state index contributed by atoms with van der Waals surface area (Å²) < 4.78 is 0. The van der Waals surface area contributed by atoms with Crippen molar-refractivity contribution in [2.75, 3.05) is 0 Å². The van der Waals surface area contributed by atoms with Gasteiger partial charge in [0.1, 0.15) is 0 Å². The second kappa shape index (κ2) is 4.38. The Morgan fingerprint density at radius 2 is 2.38 bits per heavy atom. The molecule has 0 bridgehead atoms. The van der Waals surface area contributed by atoms with Gasteiger partial charge in [-0.2, -0.15) is 10.2 Å². The molecule has 1 aromatic rings. The van der Waals surface area contributed by atoms with E-state index in [0.717, 1.165) is 5.56 Å². The Morgan fingerprint density at radius 1 is 1.62 bits per heavy atom. The molecule has 0 aliphatic rings. The number of nitrogens with zero attached hydrogens (tertiary/aromatic N) is 2. The molecule has 64 valence electrons. The van der Waals surface area contributed by atoms with Crippen molar-refractivity contribution in [1.29, 1.82) is 5.26 Å². The van der Waals surface area contributed by atoms with Gasteiger partial charge in [0.15, 0.2) is 0 Å². The summed E-state index contributed by atoms with van der Waals surface area (Å²) in [7, 11) is -1.33. The summed E-state index contributed by atoms with van der Waals surface area (Å²) in [6.07, 6.45) is 0.263. The van der Waals surface area contributed by atoms with Crippen LogP contribution in [-0.2, 0) is 6.42 Å². The van der Waals surface area contributed by atoms with Crippen LogP contribution in [0.25, 0.3) is 0 Å². The van der Waals surface area contributed by atoms with E-state index in [4.69, 9.17) is 10.3 Å². The second-order valence-corrected chi connectivity index (χ2v) is 2.56. The first kappa shape index (κ1) is 9.42. The molecule has 13 heavy (non-hydrogen) atoms. The molecule has 0 atom stereocenters. The van der Waals surface area contributed by atoms with Gasteiger partial charge in [-0.1, -0.05) is 29.4 Å². The molecule has 0 amide bonds. The van der Waals surface area contributed by atoms with Gasteiger partial charge in [0.25, 0.3) is 0 Å². The summed E-state index contributed by atoms with van der Waals surface area (Å²) in [6.45, 7) is 0. The van der Waals surface area contributed by atoms with Crippen LogP contribution < -0.4 is 5.46 Å². The lowest BCUT2D eigenvalue weighted by Crippen LogP contribution is -2.27. The molecule has 0 radical (unpaired) electrons. The summed E-state index contributed by atoms with van der Waals surface area (Å²) in [5, 5.41) is 20.0. The van der Waals surface area contributed by atoms with Crippen LogP contribution in [0.5, 0.6) is 0 Å². The van der Waals surface area contributed by atoms with Crippen molar-refractivity contribution in [3.05, 3.63) is 34.7 Å². The molecule has 0 fully saturated rings. The minimum absolute atomic E-state index is 0.263. The van der Waals surface area contributed by atoms with Gasteiger partial charge in [-0.25, -0.2) is 0 Å². The van der Waals surface area contributed by atoms with E-state index >= 15 is 0 Å². The Morgan fingerprint density at radius 3 is 3.00 bits per heavy atom. The summed E-state index contributed by atoms with van der Waals surface area (Å²) in [4.78, 5) is 10.0. The maximum absolute atomic E-state index is 10.0. The van der Waals surface area contributed by atoms with Crippen molar-refractivity contribution < 1.29 is 5.02 Å². The molecule has 1 N–H and O–H groups in total. The van der Waals surface area contributed by atoms with Gasteiger partial charge in [-0.15, -0.1) is 0 Å².